The van der Waals surface area contributed by atoms with Crippen LogP contribution in [0.3, 0.4) is 0 Å². The lowest BCUT2D eigenvalue weighted by molar-refractivity contribution is -0.114. The number of nitrogens with one attached hydrogen (secondary N) is 1. The Morgan fingerprint density at radius 2 is 2.06 bits per heavy atom. The number of halogens is 1. The molecule has 0 saturated heterocycles. The van der Waals surface area contributed by atoms with E-state index in [1.165, 1.54) is 16.8 Å². The van der Waals surface area contributed by atoms with E-state index in [-0.39, 0.29) is 11.4 Å². The van der Waals surface area contributed by atoms with Gasteiger partial charge in [0.15, 0.2) is 5.84 Å². The van der Waals surface area contributed by atoms with E-state index in [1.54, 1.807) is 13.2 Å². The molecule has 1 aromatic carbocycles. The average Bonchev–Trinajstić information content (AvgIpc) is 3.29. The van der Waals surface area contributed by atoms with Gasteiger partial charge in [0, 0.05) is 17.1 Å². The molecule has 0 unspecified atom stereocenters. The van der Waals surface area contributed by atoms with Crippen LogP contribution in [0.15, 0.2) is 39.9 Å². The Morgan fingerprint density at radius 1 is 1.28 bits per heavy atom. The molecule has 0 radical (unpaired) electrons. The fourth-order valence-corrected chi connectivity index (χ4v) is 4.92. The first-order valence-corrected chi connectivity index (χ1v) is 11.6. The van der Waals surface area contributed by atoms with Crippen molar-refractivity contribution in [1.82, 2.24) is 9.58 Å². The van der Waals surface area contributed by atoms with Gasteiger partial charge < -0.3 is 9.30 Å². The van der Waals surface area contributed by atoms with Crippen molar-refractivity contribution >= 4 is 51.4 Å². The highest BCUT2D eigenvalue weighted by Gasteiger charge is 2.35. The number of carbonyl (C=O) groups is 1. The summed E-state index contributed by atoms with van der Waals surface area (Å²) in [6.07, 6.45) is 4.61. The van der Waals surface area contributed by atoms with Crippen LogP contribution in [0.4, 0.5) is 0 Å². The number of nitrogens with zero attached hydrogens (tertiary/aromatic N) is 4. The normalized spacial score (nSPS) is 17.0. The number of methoxy groups -OCH3 is 1. The van der Waals surface area contributed by atoms with Gasteiger partial charge in [-0.1, -0.05) is 24.9 Å². The van der Waals surface area contributed by atoms with Crippen molar-refractivity contribution in [2.45, 2.75) is 40.0 Å². The Hall–Kier alpha value is -2.84. The fourth-order valence-electron chi connectivity index (χ4n) is 3.74. The van der Waals surface area contributed by atoms with E-state index >= 15 is 0 Å². The number of amides is 1. The number of hydrogen-bond acceptors (Lipinski definition) is 5. The number of aromatic nitrogens is 1. The Balaban J connectivity index is 1.69. The molecule has 166 valence electrons. The van der Waals surface area contributed by atoms with Gasteiger partial charge >= 0.3 is 0 Å². The summed E-state index contributed by atoms with van der Waals surface area (Å²) in [5.41, 5.74) is 3.86. The van der Waals surface area contributed by atoms with Gasteiger partial charge in [-0.25, -0.2) is 0 Å². The van der Waals surface area contributed by atoms with E-state index in [0.29, 0.717) is 15.9 Å². The van der Waals surface area contributed by atoms with Crippen molar-refractivity contribution in [3.8, 4) is 11.4 Å². The lowest BCUT2D eigenvalue weighted by Gasteiger charge is -2.20. The lowest BCUT2D eigenvalue weighted by atomic mass is 10.1. The third-order valence-corrected chi connectivity index (χ3v) is 6.67. The molecule has 0 atom stereocenters. The summed E-state index contributed by atoms with van der Waals surface area (Å²) in [6.45, 7) is 6.07. The third-order valence-electron chi connectivity index (χ3n) is 5.40. The van der Waals surface area contributed by atoms with Crippen molar-refractivity contribution < 1.29 is 9.53 Å². The molecule has 1 aromatic heterocycles. The topological polar surface area (TPSA) is 83.0 Å². The van der Waals surface area contributed by atoms with Gasteiger partial charge in [-0.2, -0.15) is 15.1 Å². The number of amidine groups is 2. The summed E-state index contributed by atoms with van der Waals surface area (Å²) in [5, 5.41) is 16.4. The van der Waals surface area contributed by atoms with Crippen molar-refractivity contribution in [1.29, 1.82) is 5.41 Å². The molecular weight excluding hydrogens is 446 g/mol. The fraction of sp³-hybridized carbons (Fsp3) is 0.304. The minimum atomic E-state index is -0.419. The Labute approximate surface area is 196 Å². The monoisotopic (exact) mass is 469 g/mol. The van der Waals surface area contributed by atoms with Crippen LogP contribution in [0.25, 0.3) is 11.8 Å². The minimum absolute atomic E-state index is 0.0521. The second kappa shape index (κ2) is 8.96. The quantitative estimate of drug-likeness (QED) is 0.561. The van der Waals surface area contributed by atoms with Gasteiger partial charge in [-0.3, -0.25) is 10.2 Å². The molecule has 2 aliphatic rings. The summed E-state index contributed by atoms with van der Waals surface area (Å²) in [4.78, 5) is 16.9. The number of hydrogen-bond donors (Lipinski definition) is 1. The molecule has 0 fully saturated rings. The summed E-state index contributed by atoms with van der Waals surface area (Å²) in [6, 6.07) is 7.58. The maximum absolute atomic E-state index is 12.7. The van der Waals surface area contributed by atoms with E-state index in [2.05, 4.69) is 21.6 Å². The van der Waals surface area contributed by atoms with Crippen LogP contribution < -0.4 is 4.74 Å². The number of ether oxygens (including phenoxy) is 1. The summed E-state index contributed by atoms with van der Waals surface area (Å²) < 4.78 is 7.30. The molecule has 2 aromatic rings. The third kappa shape index (κ3) is 4.00. The summed E-state index contributed by atoms with van der Waals surface area (Å²) >= 11 is 7.69. The zero-order valence-electron chi connectivity index (χ0n) is 18.4. The largest absolute Gasteiger partial charge is 0.495 e. The maximum Gasteiger partial charge on any atom is 0.283 e. The second-order valence-corrected chi connectivity index (χ2v) is 9.05. The lowest BCUT2D eigenvalue weighted by Crippen LogP contribution is -2.35. The number of hydrazone groups is 1. The number of unbranched alkanes of at least 4 members (excludes halogenated alkanes) is 1. The molecule has 7 nitrogen and oxygen atoms in total. The van der Waals surface area contributed by atoms with Gasteiger partial charge in [-0.15, -0.1) is 0 Å². The molecule has 0 bridgehead atoms. The molecule has 0 aliphatic carbocycles. The van der Waals surface area contributed by atoms with Crippen LogP contribution in [0.1, 0.15) is 43.1 Å². The smallest absolute Gasteiger partial charge is 0.283 e. The molecule has 0 spiro atoms. The number of fused-ring (bicyclic) bond motifs is 1. The first kappa shape index (κ1) is 22.4. The molecule has 32 heavy (non-hydrogen) atoms. The van der Waals surface area contributed by atoms with E-state index < -0.39 is 5.91 Å². The molecule has 2 aliphatic heterocycles. The number of aliphatic imine (C=N–C) groups is 1. The molecule has 0 saturated carbocycles. The number of thioether (sulfide) groups is 1. The van der Waals surface area contributed by atoms with Gasteiger partial charge in [0.05, 0.1) is 17.7 Å². The molecule has 1 amide bonds. The molecule has 4 rings (SSSR count). The highest BCUT2D eigenvalue weighted by atomic mass is 35.5. The van der Waals surface area contributed by atoms with Crippen LogP contribution in [0.5, 0.6) is 5.75 Å². The van der Waals surface area contributed by atoms with Gasteiger partial charge in [0.25, 0.3) is 5.91 Å². The van der Waals surface area contributed by atoms with Crippen LogP contribution in [0.2, 0.25) is 5.02 Å². The minimum Gasteiger partial charge on any atom is -0.495 e. The number of benzene rings is 1. The highest BCUT2D eigenvalue weighted by Crippen LogP contribution is 2.32. The van der Waals surface area contributed by atoms with Crippen molar-refractivity contribution in [2.24, 2.45) is 10.1 Å². The van der Waals surface area contributed by atoms with Crippen molar-refractivity contribution in [3.63, 3.8) is 0 Å². The van der Waals surface area contributed by atoms with Crippen LogP contribution >= 0.6 is 23.4 Å². The second-order valence-electron chi connectivity index (χ2n) is 7.60. The van der Waals surface area contributed by atoms with Crippen LogP contribution in [-0.4, -0.2) is 38.6 Å². The Bertz CT molecular complexity index is 1210. The SMILES string of the molecule is CCCCC1=NN2C(=N)/C(=C\c3cc(C)n(-c4ccc(OC)c(Cl)c4)c3C)C(=O)N=C2S1. The zero-order valence-corrected chi connectivity index (χ0v) is 20.0. The summed E-state index contributed by atoms with van der Waals surface area (Å²) in [5.74, 6) is 0.242. The maximum atomic E-state index is 12.7. The predicted molar refractivity (Wildman–Crippen MR) is 131 cm³/mol. The number of rotatable bonds is 6. The van der Waals surface area contributed by atoms with Crippen LogP contribution in [-0.2, 0) is 4.79 Å². The van der Waals surface area contributed by atoms with Crippen molar-refractivity contribution in [2.75, 3.05) is 7.11 Å². The highest BCUT2D eigenvalue weighted by molar-refractivity contribution is 8.26. The van der Waals surface area contributed by atoms with E-state index in [9.17, 15) is 4.79 Å². The van der Waals surface area contributed by atoms with Crippen molar-refractivity contribution in [3.05, 3.63) is 51.8 Å². The van der Waals surface area contributed by atoms with Gasteiger partial charge in [0.2, 0.25) is 5.17 Å². The predicted octanol–water partition coefficient (Wildman–Crippen LogP) is 5.57. The van der Waals surface area contributed by atoms with E-state index in [4.69, 9.17) is 21.7 Å². The Morgan fingerprint density at radius 3 is 2.75 bits per heavy atom. The zero-order chi connectivity index (χ0) is 23.0. The van der Waals surface area contributed by atoms with E-state index in [1.807, 2.05) is 38.1 Å². The molecular formula is C23H24ClN5O2S. The standard InChI is InChI=1S/C23H24ClN5O2S/c1-5-6-7-20-27-29-21(25)17(22(30)26-23(29)32-20)11-15-10-13(2)28(14(15)3)16-8-9-19(31-4)18(24)12-16/h8-12,25H,5-7H2,1-4H3/b17-11+,25-21?. The summed E-state index contributed by atoms with van der Waals surface area (Å²) in [7, 11) is 1.58. The van der Waals surface area contributed by atoms with E-state index in [0.717, 1.165) is 46.9 Å². The van der Waals surface area contributed by atoms with Crippen LogP contribution in [0, 0.1) is 19.3 Å². The first-order valence-electron chi connectivity index (χ1n) is 10.4. The molecule has 3 heterocycles. The van der Waals surface area contributed by atoms with Gasteiger partial charge in [0.1, 0.15) is 10.8 Å². The average molecular weight is 470 g/mol. The number of carbonyl (C=O) groups excluding carboxylic acids is 1. The molecule has 9 heteroatoms. The first-order chi connectivity index (χ1) is 15.3. The number of aryl methyl sites for hydroxylation is 1. The van der Waals surface area contributed by atoms with Gasteiger partial charge in [-0.05, 0) is 74.4 Å². The Kier molecular flexibility index (Phi) is 6.26. The molecule has 1 N–H and O–H groups in total.